The van der Waals surface area contributed by atoms with Gasteiger partial charge in [0.2, 0.25) is 0 Å². The lowest BCUT2D eigenvalue weighted by molar-refractivity contribution is 0.0702. The minimum absolute atomic E-state index is 0.332. The Kier molecular flexibility index (Phi) is 2.91. The van der Waals surface area contributed by atoms with Crippen LogP contribution < -0.4 is 0 Å². The van der Waals surface area contributed by atoms with Gasteiger partial charge in [0.25, 0.3) is 0 Å². The lowest BCUT2D eigenvalue weighted by atomic mass is 9.82. The van der Waals surface area contributed by atoms with Gasteiger partial charge in [-0.15, -0.1) is 0 Å². The summed E-state index contributed by atoms with van der Waals surface area (Å²) >= 11 is 0. The van der Waals surface area contributed by atoms with E-state index in [0.29, 0.717) is 5.92 Å². The van der Waals surface area contributed by atoms with E-state index in [1.807, 2.05) is 12.3 Å². The van der Waals surface area contributed by atoms with Gasteiger partial charge in [0, 0.05) is 6.20 Å². The molecule has 4 atom stereocenters. The van der Waals surface area contributed by atoms with E-state index in [1.165, 1.54) is 31.2 Å². The highest BCUT2D eigenvalue weighted by Gasteiger charge is 2.43. The van der Waals surface area contributed by atoms with E-state index in [2.05, 4.69) is 18.0 Å². The SMILES string of the molecule is CCc1cccnc1C(O)C1CC2CCC1C2. The summed E-state index contributed by atoms with van der Waals surface area (Å²) in [6.07, 6.45) is 7.70. The summed E-state index contributed by atoms with van der Waals surface area (Å²) in [4.78, 5) is 4.43. The predicted octanol–water partition coefficient (Wildman–Crippen LogP) is 3.11. The lowest BCUT2D eigenvalue weighted by Crippen LogP contribution is -2.21. The summed E-state index contributed by atoms with van der Waals surface area (Å²) in [6, 6.07) is 4.06. The average molecular weight is 231 g/mol. The molecule has 1 aromatic rings. The molecule has 0 aliphatic heterocycles. The van der Waals surface area contributed by atoms with Crippen molar-refractivity contribution in [1.29, 1.82) is 0 Å². The molecule has 2 aliphatic carbocycles. The van der Waals surface area contributed by atoms with E-state index in [1.54, 1.807) is 0 Å². The van der Waals surface area contributed by atoms with Crippen LogP contribution in [0, 0.1) is 17.8 Å². The number of aromatic nitrogens is 1. The maximum atomic E-state index is 10.6. The molecule has 0 saturated heterocycles. The first kappa shape index (κ1) is 11.2. The molecule has 2 nitrogen and oxygen atoms in total. The maximum Gasteiger partial charge on any atom is 0.0993 e. The van der Waals surface area contributed by atoms with Crippen LogP contribution in [0.25, 0.3) is 0 Å². The van der Waals surface area contributed by atoms with Crippen LogP contribution in [0.1, 0.15) is 50.0 Å². The summed E-state index contributed by atoms with van der Waals surface area (Å²) in [5.74, 6) is 2.10. The van der Waals surface area contributed by atoms with Crippen LogP contribution in [0.4, 0.5) is 0 Å². The van der Waals surface area contributed by atoms with Gasteiger partial charge in [-0.3, -0.25) is 4.98 Å². The molecule has 2 bridgehead atoms. The Morgan fingerprint density at radius 2 is 2.29 bits per heavy atom. The van der Waals surface area contributed by atoms with Crippen molar-refractivity contribution in [3.8, 4) is 0 Å². The number of aliphatic hydroxyl groups excluding tert-OH is 1. The summed E-state index contributed by atoms with van der Waals surface area (Å²) in [5.41, 5.74) is 2.15. The normalized spacial score (nSPS) is 32.9. The standard InChI is InChI=1S/C15H21NO/c1-2-11-4-3-7-16-14(11)15(17)13-9-10-5-6-12(13)8-10/h3-4,7,10,12-13,15,17H,2,5-6,8-9H2,1H3. The third-order valence-corrected chi connectivity index (χ3v) is 4.79. The van der Waals surface area contributed by atoms with Crippen molar-refractivity contribution >= 4 is 0 Å². The first-order valence-corrected chi connectivity index (χ1v) is 6.91. The van der Waals surface area contributed by atoms with Crippen LogP contribution in [0.15, 0.2) is 18.3 Å². The number of rotatable bonds is 3. The molecule has 1 heterocycles. The van der Waals surface area contributed by atoms with Crippen LogP contribution in [-0.4, -0.2) is 10.1 Å². The third-order valence-electron chi connectivity index (χ3n) is 4.79. The molecule has 0 aromatic carbocycles. The predicted molar refractivity (Wildman–Crippen MR) is 67.5 cm³/mol. The molecule has 1 N–H and O–H groups in total. The van der Waals surface area contributed by atoms with Gasteiger partial charge in [-0.25, -0.2) is 0 Å². The highest BCUT2D eigenvalue weighted by molar-refractivity contribution is 5.23. The van der Waals surface area contributed by atoms with Gasteiger partial charge in [-0.1, -0.05) is 19.4 Å². The monoisotopic (exact) mass is 231 g/mol. The quantitative estimate of drug-likeness (QED) is 0.867. The third kappa shape index (κ3) is 1.89. The maximum absolute atomic E-state index is 10.6. The molecule has 4 unspecified atom stereocenters. The van der Waals surface area contributed by atoms with Crippen molar-refractivity contribution in [1.82, 2.24) is 4.98 Å². The minimum Gasteiger partial charge on any atom is -0.386 e. The zero-order valence-electron chi connectivity index (χ0n) is 10.5. The van der Waals surface area contributed by atoms with Crippen molar-refractivity contribution < 1.29 is 5.11 Å². The molecule has 3 rings (SSSR count). The summed E-state index contributed by atoms with van der Waals surface area (Å²) in [6.45, 7) is 2.13. The topological polar surface area (TPSA) is 33.1 Å². The van der Waals surface area contributed by atoms with Crippen LogP contribution in [0.5, 0.6) is 0 Å². The van der Waals surface area contributed by atoms with Crippen LogP contribution in [-0.2, 0) is 6.42 Å². The summed E-state index contributed by atoms with van der Waals surface area (Å²) in [5, 5.41) is 10.6. The van der Waals surface area contributed by atoms with Crippen molar-refractivity contribution in [3.05, 3.63) is 29.6 Å². The Morgan fingerprint density at radius 3 is 2.94 bits per heavy atom. The van der Waals surface area contributed by atoms with Gasteiger partial charge < -0.3 is 5.11 Å². The largest absolute Gasteiger partial charge is 0.386 e. The van der Waals surface area contributed by atoms with Crippen molar-refractivity contribution in [2.45, 2.75) is 45.1 Å². The fraction of sp³-hybridized carbons (Fsp3) is 0.667. The molecule has 2 heteroatoms. The smallest absolute Gasteiger partial charge is 0.0993 e. The molecule has 0 amide bonds. The van der Waals surface area contributed by atoms with Gasteiger partial charge in [-0.05, 0) is 55.1 Å². The molecule has 2 aliphatic rings. The molecular formula is C15H21NO. The molecule has 2 fully saturated rings. The first-order chi connectivity index (χ1) is 8.29. The summed E-state index contributed by atoms with van der Waals surface area (Å²) in [7, 11) is 0. The molecule has 92 valence electrons. The van der Waals surface area contributed by atoms with Gasteiger partial charge in [0.05, 0.1) is 11.8 Å². The Balaban J connectivity index is 1.84. The average Bonchev–Trinajstić information content (AvgIpc) is 3.00. The number of hydrogen-bond acceptors (Lipinski definition) is 2. The molecule has 2 saturated carbocycles. The zero-order chi connectivity index (χ0) is 11.8. The first-order valence-electron chi connectivity index (χ1n) is 6.91. The highest BCUT2D eigenvalue weighted by Crippen LogP contribution is 2.52. The Morgan fingerprint density at radius 1 is 1.41 bits per heavy atom. The molecular weight excluding hydrogens is 210 g/mol. The van der Waals surface area contributed by atoms with Crippen LogP contribution >= 0.6 is 0 Å². The van der Waals surface area contributed by atoms with E-state index in [9.17, 15) is 5.11 Å². The van der Waals surface area contributed by atoms with E-state index in [-0.39, 0.29) is 6.10 Å². The molecule has 0 spiro atoms. The molecule has 1 aromatic heterocycles. The number of aliphatic hydroxyl groups is 1. The van der Waals surface area contributed by atoms with Crippen molar-refractivity contribution in [3.63, 3.8) is 0 Å². The van der Waals surface area contributed by atoms with Gasteiger partial charge in [0.1, 0.15) is 0 Å². The van der Waals surface area contributed by atoms with Crippen molar-refractivity contribution in [2.24, 2.45) is 17.8 Å². The highest BCUT2D eigenvalue weighted by atomic mass is 16.3. The van der Waals surface area contributed by atoms with Gasteiger partial charge in [0.15, 0.2) is 0 Å². The fourth-order valence-electron chi connectivity index (χ4n) is 3.90. The number of nitrogens with zero attached hydrogens (tertiary/aromatic N) is 1. The molecule has 17 heavy (non-hydrogen) atoms. The second kappa shape index (κ2) is 4.41. The zero-order valence-corrected chi connectivity index (χ0v) is 10.5. The molecule has 0 radical (unpaired) electrons. The summed E-state index contributed by atoms with van der Waals surface area (Å²) < 4.78 is 0. The minimum atomic E-state index is -0.332. The van der Waals surface area contributed by atoms with E-state index < -0.39 is 0 Å². The number of fused-ring (bicyclic) bond motifs is 2. The number of hydrogen-bond donors (Lipinski definition) is 1. The van der Waals surface area contributed by atoms with Crippen LogP contribution in [0.3, 0.4) is 0 Å². The number of pyridine rings is 1. The Hall–Kier alpha value is -0.890. The van der Waals surface area contributed by atoms with Crippen LogP contribution in [0.2, 0.25) is 0 Å². The Labute approximate surface area is 103 Å². The van der Waals surface area contributed by atoms with Gasteiger partial charge in [-0.2, -0.15) is 0 Å². The van der Waals surface area contributed by atoms with E-state index in [0.717, 1.165) is 24.0 Å². The van der Waals surface area contributed by atoms with E-state index in [4.69, 9.17) is 0 Å². The fourth-order valence-corrected chi connectivity index (χ4v) is 3.90. The van der Waals surface area contributed by atoms with E-state index >= 15 is 0 Å². The second-order valence-corrected chi connectivity index (χ2v) is 5.68. The van der Waals surface area contributed by atoms with Gasteiger partial charge >= 0.3 is 0 Å². The number of aryl methyl sites for hydroxylation is 1. The lowest BCUT2D eigenvalue weighted by Gasteiger charge is -2.27. The second-order valence-electron chi connectivity index (χ2n) is 5.68. The Bertz CT molecular complexity index is 404. The van der Waals surface area contributed by atoms with Crippen molar-refractivity contribution in [2.75, 3.05) is 0 Å².